The molecule has 2 aliphatic rings. The first-order chi connectivity index (χ1) is 10.7. The molecule has 3 rings (SSSR count). The van der Waals surface area contributed by atoms with Crippen molar-refractivity contribution < 1.29 is 14.3 Å². The van der Waals surface area contributed by atoms with Crippen molar-refractivity contribution in [1.29, 1.82) is 0 Å². The van der Waals surface area contributed by atoms with Gasteiger partial charge in [0, 0.05) is 11.6 Å². The molecule has 22 heavy (non-hydrogen) atoms. The van der Waals surface area contributed by atoms with E-state index in [9.17, 15) is 4.79 Å². The van der Waals surface area contributed by atoms with Gasteiger partial charge in [0.25, 0.3) is 5.91 Å². The lowest BCUT2D eigenvalue weighted by Gasteiger charge is -2.24. The third-order valence-corrected chi connectivity index (χ3v) is 4.08. The minimum absolute atomic E-state index is 0.189. The van der Waals surface area contributed by atoms with Gasteiger partial charge in [-0.25, -0.2) is 0 Å². The quantitative estimate of drug-likeness (QED) is 0.570. The van der Waals surface area contributed by atoms with Crippen molar-refractivity contribution in [1.82, 2.24) is 16.2 Å². The standard InChI is InChI=1S/C15H19N3O3S/c19-14(10-6-7-12-13(8-10)21-9-20-12)17-18-15(22)16-11-4-2-1-3-5-11/h6-8,11H,1-5,9H2,(H,17,19)(H2,16,18,22). The van der Waals surface area contributed by atoms with Crippen LogP contribution < -0.4 is 25.6 Å². The van der Waals surface area contributed by atoms with E-state index in [-0.39, 0.29) is 12.7 Å². The molecule has 118 valence electrons. The Kier molecular flexibility index (Phi) is 4.62. The van der Waals surface area contributed by atoms with E-state index in [0.717, 1.165) is 12.8 Å². The minimum Gasteiger partial charge on any atom is -0.454 e. The van der Waals surface area contributed by atoms with E-state index in [1.165, 1.54) is 19.3 Å². The fourth-order valence-electron chi connectivity index (χ4n) is 2.69. The molecule has 0 bridgehead atoms. The van der Waals surface area contributed by atoms with Gasteiger partial charge in [0.05, 0.1) is 0 Å². The van der Waals surface area contributed by atoms with Crippen LogP contribution >= 0.6 is 12.2 Å². The van der Waals surface area contributed by atoms with Crippen molar-refractivity contribution in [2.75, 3.05) is 6.79 Å². The minimum atomic E-state index is -0.272. The summed E-state index contributed by atoms with van der Waals surface area (Å²) >= 11 is 5.20. The molecule has 1 saturated carbocycles. The lowest BCUT2D eigenvalue weighted by molar-refractivity contribution is 0.0943. The second kappa shape index (κ2) is 6.83. The highest BCUT2D eigenvalue weighted by Gasteiger charge is 2.17. The van der Waals surface area contributed by atoms with E-state index in [4.69, 9.17) is 21.7 Å². The van der Waals surface area contributed by atoms with Crippen molar-refractivity contribution in [2.24, 2.45) is 0 Å². The Labute approximate surface area is 134 Å². The molecule has 0 unspecified atom stereocenters. The van der Waals surface area contributed by atoms with Gasteiger partial charge in [-0.05, 0) is 43.3 Å². The first-order valence-electron chi connectivity index (χ1n) is 7.49. The van der Waals surface area contributed by atoms with Crippen molar-refractivity contribution in [3.05, 3.63) is 23.8 Å². The van der Waals surface area contributed by atoms with Gasteiger partial charge in [-0.2, -0.15) is 0 Å². The molecule has 0 radical (unpaired) electrons. The van der Waals surface area contributed by atoms with Crippen LogP contribution in [0.15, 0.2) is 18.2 Å². The SMILES string of the molecule is O=C(NNC(=S)NC1CCCCC1)c1ccc2c(c1)OCO2. The van der Waals surface area contributed by atoms with Gasteiger partial charge in [0.2, 0.25) is 6.79 Å². The number of ether oxygens (including phenoxy) is 2. The van der Waals surface area contributed by atoms with E-state index in [1.54, 1.807) is 18.2 Å². The average Bonchev–Trinajstić information content (AvgIpc) is 3.01. The second-order valence-corrected chi connectivity index (χ2v) is 5.86. The van der Waals surface area contributed by atoms with Crippen LogP contribution in [0.4, 0.5) is 0 Å². The van der Waals surface area contributed by atoms with E-state index in [2.05, 4.69) is 16.2 Å². The molecule has 1 aromatic rings. The van der Waals surface area contributed by atoms with E-state index < -0.39 is 0 Å². The summed E-state index contributed by atoms with van der Waals surface area (Å²) in [5, 5.41) is 3.67. The average molecular weight is 321 g/mol. The number of benzene rings is 1. The number of rotatable bonds is 2. The largest absolute Gasteiger partial charge is 0.454 e. The summed E-state index contributed by atoms with van der Waals surface area (Å²) in [6.45, 7) is 0.189. The summed E-state index contributed by atoms with van der Waals surface area (Å²) in [6, 6.07) is 5.45. The van der Waals surface area contributed by atoms with Gasteiger partial charge in [-0.1, -0.05) is 19.3 Å². The highest BCUT2D eigenvalue weighted by molar-refractivity contribution is 7.80. The molecule has 1 fully saturated rings. The molecule has 1 heterocycles. The summed E-state index contributed by atoms with van der Waals surface area (Å²) in [6.07, 6.45) is 5.99. The Balaban J connectivity index is 1.48. The smallest absolute Gasteiger partial charge is 0.269 e. The molecule has 1 aromatic carbocycles. The molecule has 6 nitrogen and oxygen atoms in total. The van der Waals surface area contributed by atoms with Gasteiger partial charge in [-0.3, -0.25) is 15.6 Å². The molecule has 0 atom stereocenters. The van der Waals surface area contributed by atoms with E-state index in [0.29, 0.717) is 28.2 Å². The zero-order chi connectivity index (χ0) is 15.4. The van der Waals surface area contributed by atoms with Gasteiger partial charge >= 0.3 is 0 Å². The first-order valence-corrected chi connectivity index (χ1v) is 7.90. The Morgan fingerprint density at radius 1 is 1.09 bits per heavy atom. The number of amides is 1. The molecule has 0 spiro atoms. The third kappa shape index (κ3) is 3.59. The Bertz CT molecular complexity index is 573. The molecule has 0 aromatic heterocycles. The highest BCUT2D eigenvalue weighted by Crippen LogP contribution is 2.32. The van der Waals surface area contributed by atoms with Crippen LogP contribution in [0.25, 0.3) is 0 Å². The fraction of sp³-hybridized carbons (Fsp3) is 0.467. The highest BCUT2D eigenvalue weighted by atomic mass is 32.1. The van der Waals surface area contributed by atoms with Crippen molar-refractivity contribution in [3.63, 3.8) is 0 Å². The number of hydrogen-bond acceptors (Lipinski definition) is 4. The number of hydrazine groups is 1. The maximum Gasteiger partial charge on any atom is 0.269 e. The van der Waals surface area contributed by atoms with E-state index in [1.807, 2.05) is 0 Å². The predicted molar refractivity (Wildman–Crippen MR) is 85.8 cm³/mol. The van der Waals surface area contributed by atoms with Crippen molar-refractivity contribution in [2.45, 2.75) is 38.1 Å². The summed E-state index contributed by atoms with van der Waals surface area (Å²) < 4.78 is 10.5. The van der Waals surface area contributed by atoms with Crippen molar-refractivity contribution in [3.8, 4) is 11.5 Å². The Morgan fingerprint density at radius 3 is 2.68 bits per heavy atom. The van der Waals surface area contributed by atoms with Crippen LogP contribution in [-0.2, 0) is 0 Å². The maximum atomic E-state index is 12.1. The molecule has 1 aliphatic carbocycles. The van der Waals surface area contributed by atoms with Gasteiger partial charge in [0.15, 0.2) is 16.6 Å². The zero-order valence-corrected chi connectivity index (χ0v) is 13.0. The first kappa shape index (κ1) is 14.9. The summed E-state index contributed by atoms with van der Waals surface area (Å²) in [5.74, 6) is 0.959. The monoisotopic (exact) mass is 321 g/mol. The maximum absolute atomic E-state index is 12.1. The summed E-state index contributed by atoms with van der Waals surface area (Å²) in [4.78, 5) is 12.1. The Morgan fingerprint density at radius 2 is 1.86 bits per heavy atom. The second-order valence-electron chi connectivity index (χ2n) is 5.46. The van der Waals surface area contributed by atoms with Gasteiger partial charge < -0.3 is 14.8 Å². The number of thiocarbonyl (C=S) groups is 1. The predicted octanol–water partition coefficient (Wildman–Crippen LogP) is 1.86. The molecular weight excluding hydrogens is 302 g/mol. The number of fused-ring (bicyclic) bond motifs is 1. The van der Waals surface area contributed by atoms with E-state index >= 15 is 0 Å². The number of hydrogen-bond donors (Lipinski definition) is 3. The molecule has 7 heteroatoms. The molecule has 0 saturated heterocycles. The number of carbonyl (C=O) groups excluding carboxylic acids is 1. The van der Waals surface area contributed by atoms with Crippen molar-refractivity contribution >= 4 is 23.2 Å². The Hall–Kier alpha value is -2.02. The van der Waals surface area contributed by atoms with Crippen LogP contribution in [0.5, 0.6) is 11.5 Å². The van der Waals surface area contributed by atoms with Crippen LogP contribution in [0.1, 0.15) is 42.5 Å². The molecule has 3 N–H and O–H groups in total. The molecular formula is C15H19N3O3S. The summed E-state index contributed by atoms with van der Waals surface area (Å²) in [7, 11) is 0. The van der Waals surface area contributed by atoms with Crippen LogP contribution in [0.3, 0.4) is 0 Å². The van der Waals surface area contributed by atoms with Crippen LogP contribution in [0.2, 0.25) is 0 Å². The number of nitrogens with one attached hydrogen (secondary N) is 3. The molecule has 1 aliphatic heterocycles. The summed E-state index contributed by atoms with van der Waals surface area (Å²) in [5.41, 5.74) is 5.82. The lowest BCUT2D eigenvalue weighted by Crippen LogP contribution is -2.50. The van der Waals surface area contributed by atoms with Gasteiger partial charge in [0.1, 0.15) is 0 Å². The fourth-order valence-corrected chi connectivity index (χ4v) is 2.91. The third-order valence-electron chi connectivity index (χ3n) is 3.86. The lowest BCUT2D eigenvalue weighted by atomic mass is 9.96. The number of carbonyl (C=O) groups is 1. The van der Waals surface area contributed by atoms with Crippen LogP contribution in [0, 0.1) is 0 Å². The topological polar surface area (TPSA) is 71.6 Å². The molecule has 1 amide bonds. The normalized spacial score (nSPS) is 16.9. The van der Waals surface area contributed by atoms with Crippen LogP contribution in [-0.4, -0.2) is 23.9 Å². The van der Waals surface area contributed by atoms with Gasteiger partial charge in [-0.15, -0.1) is 0 Å². The zero-order valence-electron chi connectivity index (χ0n) is 12.2.